The second kappa shape index (κ2) is 6.41. The first kappa shape index (κ1) is 12.0. The lowest BCUT2D eigenvalue weighted by molar-refractivity contribution is 0.364. The van der Waals surface area contributed by atoms with Gasteiger partial charge < -0.3 is 10.2 Å². The molecule has 1 fully saturated rings. The Morgan fingerprint density at radius 3 is 2.71 bits per heavy atom. The second-order valence-corrected chi connectivity index (χ2v) is 4.66. The van der Waals surface area contributed by atoms with E-state index in [1.54, 1.807) is 0 Å². The van der Waals surface area contributed by atoms with Crippen LogP contribution < -0.4 is 5.32 Å². The SMILES string of the molecule is CCCC[C@H](CC)N[C@@H]1CCN(C)C1. The molecule has 0 amide bonds. The summed E-state index contributed by atoms with van der Waals surface area (Å²) in [5.74, 6) is 0. The molecule has 0 saturated carbocycles. The van der Waals surface area contributed by atoms with E-state index in [-0.39, 0.29) is 0 Å². The fourth-order valence-electron chi connectivity index (χ4n) is 2.26. The zero-order valence-electron chi connectivity index (χ0n) is 10.1. The molecule has 2 atom stereocenters. The van der Waals surface area contributed by atoms with Crippen LogP contribution in [0.4, 0.5) is 0 Å². The molecule has 1 N–H and O–H groups in total. The maximum absolute atomic E-state index is 3.79. The minimum absolute atomic E-state index is 0.752. The van der Waals surface area contributed by atoms with Gasteiger partial charge in [-0.3, -0.25) is 0 Å². The Labute approximate surface area is 89.1 Å². The summed E-state index contributed by atoms with van der Waals surface area (Å²) in [6.45, 7) is 7.08. The molecule has 1 rings (SSSR count). The van der Waals surface area contributed by atoms with Crippen molar-refractivity contribution in [3.8, 4) is 0 Å². The van der Waals surface area contributed by atoms with Crippen LogP contribution in [-0.2, 0) is 0 Å². The van der Waals surface area contributed by atoms with Crippen LogP contribution in [0.1, 0.15) is 46.0 Å². The van der Waals surface area contributed by atoms with Crippen LogP contribution in [0.2, 0.25) is 0 Å². The van der Waals surface area contributed by atoms with Gasteiger partial charge in [-0.15, -0.1) is 0 Å². The number of hydrogen-bond acceptors (Lipinski definition) is 2. The zero-order valence-corrected chi connectivity index (χ0v) is 10.1. The fraction of sp³-hybridized carbons (Fsp3) is 1.00. The lowest BCUT2D eigenvalue weighted by Gasteiger charge is -2.21. The van der Waals surface area contributed by atoms with Gasteiger partial charge in [0.1, 0.15) is 0 Å². The van der Waals surface area contributed by atoms with Crippen molar-refractivity contribution < 1.29 is 0 Å². The first-order valence-corrected chi connectivity index (χ1v) is 6.20. The first-order chi connectivity index (χ1) is 6.76. The molecule has 1 aliphatic rings. The Morgan fingerprint density at radius 2 is 2.21 bits per heavy atom. The molecule has 2 nitrogen and oxygen atoms in total. The fourth-order valence-corrected chi connectivity index (χ4v) is 2.26. The van der Waals surface area contributed by atoms with E-state index < -0.39 is 0 Å². The van der Waals surface area contributed by atoms with Gasteiger partial charge in [-0.05, 0) is 32.9 Å². The average molecular weight is 198 g/mol. The third-order valence-electron chi connectivity index (χ3n) is 3.26. The quantitative estimate of drug-likeness (QED) is 0.704. The number of hydrogen-bond donors (Lipinski definition) is 1. The van der Waals surface area contributed by atoms with Gasteiger partial charge >= 0.3 is 0 Å². The van der Waals surface area contributed by atoms with Crippen LogP contribution >= 0.6 is 0 Å². The molecule has 84 valence electrons. The molecule has 1 aliphatic heterocycles. The summed E-state index contributed by atoms with van der Waals surface area (Å²) in [6, 6.07) is 1.51. The van der Waals surface area contributed by atoms with Gasteiger partial charge in [0.15, 0.2) is 0 Å². The topological polar surface area (TPSA) is 15.3 Å². The van der Waals surface area contributed by atoms with Crippen LogP contribution in [0.5, 0.6) is 0 Å². The van der Waals surface area contributed by atoms with Gasteiger partial charge in [0.25, 0.3) is 0 Å². The van der Waals surface area contributed by atoms with E-state index in [0.717, 1.165) is 12.1 Å². The maximum Gasteiger partial charge on any atom is 0.0209 e. The van der Waals surface area contributed by atoms with E-state index >= 15 is 0 Å². The Morgan fingerprint density at radius 1 is 1.43 bits per heavy atom. The molecule has 2 heteroatoms. The molecular weight excluding hydrogens is 172 g/mol. The predicted molar refractivity (Wildman–Crippen MR) is 62.6 cm³/mol. The summed E-state index contributed by atoms with van der Waals surface area (Å²) < 4.78 is 0. The van der Waals surface area contributed by atoms with Gasteiger partial charge in [0.2, 0.25) is 0 Å². The van der Waals surface area contributed by atoms with Crippen molar-refractivity contribution in [3.63, 3.8) is 0 Å². The highest BCUT2D eigenvalue weighted by molar-refractivity contribution is 4.81. The molecule has 0 aromatic rings. The van der Waals surface area contributed by atoms with E-state index in [9.17, 15) is 0 Å². The molecular formula is C12H26N2. The van der Waals surface area contributed by atoms with Crippen LogP contribution in [0.25, 0.3) is 0 Å². The van der Waals surface area contributed by atoms with Gasteiger partial charge in [-0.25, -0.2) is 0 Å². The van der Waals surface area contributed by atoms with E-state index in [0.29, 0.717) is 0 Å². The van der Waals surface area contributed by atoms with E-state index in [4.69, 9.17) is 0 Å². The number of rotatable bonds is 6. The lowest BCUT2D eigenvalue weighted by atomic mass is 10.1. The minimum atomic E-state index is 0.752. The van der Waals surface area contributed by atoms with E-state index in [1.807, 2.05) is 0 Å². The third-order valence-corrected chi connectivity index (χ3v) is 3.26. The van der Waals surface area contributed by atoms with Crippen LogP contribution in [0.15, 0.2) is 0 Å². The van der Waals surface area contributed by atoms with Crippen molar-refractivity contribution in [2.45, 2.75) is 58.0 Å². The molecule has 1 saturated heterocycles. The van der Waals surface area contributed by atoms with Gasteiger partial charge in [-0.1, -0.05) is 26.7 Å². The van der Waals surface area contributed by atoms with Gasteiger partial charge in [0, 0.05) is 18.6 Å². The molecule has 1 heterocycles. The Hall–Kier alpha value is -0.0800. The van der Waals surface area contributed by atoms with E-state index in [2.05, 4.69) is 31.1 Å². The Balaban J connectivity index is 2.19. The molecule has 0 spiro atoms. The highest BCUT2D eigenvalue weighted by Gasteiger charge is 2.21. The van der Waals surface area contributed by atoms with Gasteiger partial charge in [-0.2, -0.15) is 0 Å². The normalized spacial score (nSPS) is 25.5. The predicted octanol–water partition coefficient (Wildman–Crippen LogP) is 2.25. The molecule has 0 radical (unpaired) electrons. The summed E-state index contributed by atoms with van der Waals surface area (Å²) >= 11 is 0. The monoisotopic (exact) mass is 198 g/mol. The van der Waals surface area contributed by atoms with Crippen molar-refractivity contribution in [3.05, 3.63) is 0 Å². The smallest absolute Gasteiger partial charge is 0.0209 e. The molecule has 0 aromatic heterocycles. The standard InChI is InChI=1S/C12H26N2/c1-4-6-7-11(5-2)13-12-8-9-14(3)10-12/h11-13H,4-10H2,1-3H3/t11-,12+/m0/s1. The van der Waals surface area contributed by atoms with Crippen molar-refractivity contribution in [2.75, 3.05) is 20.1 Å². The summed E-state index contributed by atoms with van der Waals surface area (Å²) in [5, 5.41) is 3.79. The molecule has 0 bridgehead atoms. The average Bonchev–Trinajstić information content (AvgIpc) is 2.58. The van der Waals surface area contributed by atoms with Crippen molar-refractivity contribution in [1.82, 2.24) is 10.2 Å². The minimum Gasteiger partial charge on any atom is -0.310 e. The lowest BCUT2D eigenvalue weighted by Crippen LogP contribution is -2.39. The third kappa shape index (κ3) is 3.97. The number of unbranched alkanes of at least 4 members (excludes halogenated alkanes) is 1. The van der Waals surface area contributed by atoms with Crippen LogP contribution in [0, 0.1) is 0 Å². The Bertz CT molecular complexity index is 147. The number of nitrogens with zero attached hydrogens (tertiary/aromatic N) is 1. The maximum atomic E-state index is 3.79. The van der Waals surface area contributed by atoms with Crippen LogP contribution in [-0.4, -0.2) is 37.1 Å². The van der Waals surface area contributed by atoms with Crippen molar-refractivity contribution in [2.24, 2.45) is 0 Å². The van der Waals surface area contributed by atoms with Gasteiger partial charge in [0.05, 0.1) is 0 Å². The summed E-state index contributed by atoms with van der Waals surface area (Å²) in [5.41, 5.74) is 0. The van der Waals surface area contributed by atoms with Crippen LogP contribution in [0.3, 0.4) is 0 Å². The molecule has 0 unspecified atom stereocenters. The number of likely N-dealkylation sites (N-methyl/N-ethyl adjacent to an activating group) is 1. The van der Waals surface area contributed by atoms with E-state index in [1.165, 1.54) is 45.2 Å². The highest BCUT2D eigenvalue weighted by atomic mass is 15.2. The molecule has 0 aromatic carbocycles. The summed E-state index contributed by atoms with van der Waals surface area (Å²) in [4.78, 5) is 2.42. The molecule has 0 aliphatic carbocycles. The first-order valence-electron chi connectivity index (χ1n) is 6.20. The molecule has 14 heavy (non-hydrogen) atoms. The summed E-state index contributed by atoms with van der Waals surface area (Å²) in [7, 11) is 2.22. The second-order valence-electron chi connectivity index (χ2n) is 4.66. The zero-order chi connectivity index (χ0) is 10.4. The number of nitrogens with one attached hydrogen (secondary N) is 1. The number of likely N-dealkylation sites (tertiary alicyclic amines) is 1. The summed E-state index contributed by atoms with van der Waals surface area (Å²) in [6.07, 6.45) is 6.66. The van der Waals surface area contributed by atoms with Crippen molar-refractivity contribution >= 4 is 0 Å². The van der Waals surface area contributed by atoms with Crippen molar-refractivity contribution in [1.29, 1.82) is 0 Å². The highest BCUT2D eigenvalue weighted by Crippen LogP contribution is 2.11. The Kier molecular flexibility index (Phi) is 5.49. The largest absolute Gasteiger partial charge is 0.310 e.